The van der Waals surface area contributed by atoms with Crippen molar-refractivity contribution < 1.29 is 24.1 Å². The molecule has 0 spiro atoms. The Morgan fingerprint density at radius 3 is 2.82 bits per heavy atom. The number of cyclic esters (lactones) is 1. The molecule has 9 nitrogen and oxygen atoms in total. The Balaban J connectivity index is 1.57. The molecule has 0 radical (unpaired) electrons. The number of nitrogens with zero attached hydrogens (tertiary/aromatic N) is 2. The molecular formula is C25H21N3O6. The number of esters is 1. The monoisotopic (exact) mass is 459 g/mol. The summed E-state index contributed by atoms with van der Waals surface area (Å²) < 4.78 is 17.7. The number of aliphatic hydroxyl groups excluding tert-OH is 1. The number of carbonyl (C=O) groups excluding carboxylic acids is 1. The molecule has 172 valence electrons. The summed E-state index contributed by atoms with van der Waals surface area (Å²) in [5.74, 6) is 7.01. The van der Waals surface area contributed by atoms with Gasteiger partial charge in [-0.2, -0.15) is 0 Å². The second-order valence-corrected chi connectivity index (χ2v) is 8.31. The number of hydrogen-bond donors (Lipinski definition) is 2. The van der Waals surface area contributed by atoms with Crippen LogP contribution >= 0.6 is 0 Å². The fourth-order valence-electron chi connectivity index (χ4n) is 4.64. The summed E-state index contributed by atoms with van der Waals surface area (Å²) in [6.45, 7) is 3.97. The Kier molecular flexibility index (Phi) is 4.79. The van der Waals surface area contributed by atoms with E-state index in [0.29, 0.717) is 34.8 Å². The average molecular weight is 459 g/mol. The number of ether oxygens (including phenoxy) is 3. The zero-order valence-electron chi connectivity index (χ0n) is 18.4. The van der Waals surface area contributed by atoms with E-state index in [1.807, 2.05) is 19.1 Å². The maximum Gasteiger partial charge on any atom is 0.340 e. The minimum Gasteiger partial charge on any atom is -0.458 e. The van der Waals surface area contributed by atoms with Gasteiger partial charge in [-0.15, -0.1) is 0 Å². The van der Waals surface area contributed by atoms with Gasteiger partial charge in [0.1, 0.15) is 6.61 Å². The van der Waals surface area contributed by atoms with Crippen LogP contribution in [0.25, 0.3) is 22.3 Å². The van der Waals surface area contributed by atoms with Crippen molar-refractivity contribution in [3.05, 3.63) is 50.8 Å². The van der Waals surface area contributed by atoms with Crippen LogP contribution in [0.15, 0.2) is 23.0 Å². The standard InChI is InChI=1S/C25H21N3O6/c1-2-26-6-4-3-5-13-14-8-20-21(34-12-33-20)9-18(14)27-22-16(13)10-28-19(22)7-15-17(24(28)30)11-32-25(31)23(15)29/h7-9,23,26,29H,2,4,6,10-12H2,1H3/t23-/m0/s1. The van der Waals surface area contributed by atoms with Crippen LogP contribution < -0.4 is 20.3 Å². The predicted octanol–water partition coefficient (Wildman–Crippen LogP) is 1.60. The van der Waals surface area contributed by atoms with E-state index in [1.165, 1.54) is 0 Å². The molecule has 0 amide bonds. The smallest absolute Gasteiger partial charge is 0.340 e. The Hall–Kier alpha value is -3.87. The SMILES string of the molecule is CCNCCC#Cc1c2c(nc3cc4c(cc13)OCO4)-c1cc3c(c(=O)n1C2)COC(=O)[C@H]3O. The third-order valence-electron chi connectivity index (χ3n) is 6.34. The number of nitrogens with one attached hydrogen (secondary N) is 1. The van der Waals surface area contributed by atoms with Crippen LogP contribution in [0.1, 0.15) is 41.7 Å². The largest absolute Gasteiger partial charge is 0.458 e. The van der Waals surface area contributed by atoms with Crippen LogP contribution in [0, 0.1) is 11.8 Å². The van der Waals surface area contributed by atoms with Crippen molar-refractivity contribution in [2.45, 2.75) is 32.6 Å². The normalized spacial score (nSPS) is 17.0. The molecule has 2 N–H and O–H groups in total. The Morgan fingerprint density at radius 2 is 2.00 bits per heavy atom. The Bertz CT molecular complexity index is 1500. The molecule has 34 heavy (non-hydrogen) atoms. The molecule has 3 aliphatic rings. The molecule has 3 aromatic rings. The summed E-state index contributed by atoms with van der Waals surface area (Å²) >= 11 is 0. The fourth-order valence-corrected chi connectivity index (χ4v) is 4.64. The molecule has 0 fully saturated rings. The van der Waals surface area contributed by atoms with Gasteiger partial charge in [-0.3, -0.25) is 4.79 Å². The number of carbonyl (C=O) groups is 1. The number of pyridine rings is 2. The van der Waals surface area contributed by atoms with Gasteiger partial charge >= 0.3 is 5.97 Å². The van der Waals surface area contributed by atoms with Crippen molar-refractivity contribution in [3.8, 4) is 34.7 Å². The molecule has 5 heterocycles. The van der Waals surface area contributed by atoms with Crippen LogP contribution in [0.4, 0.5) is 0 Å². The summed E-state index contributed by atoms with van der Waals surface area (Å²) in [6, 6.07) is 5.36. The van der Waals surface area contributed by atoms with E-state index in [0.717, 1.165) is 29.6 Å². The minimum atomic E-state index is -1.49. The highest BCUT2D eigenvalue weighted by atomic mass is 16.7. The molecule has 0 saturated carbocycles. The lowest BCUT2D eigenvalue weighted by atomic mass is 9.98. The van der Waals surface area contributed by atoms with Crippen molar-refractivity contribution in [3.63, 3.8) is 0 Å². The van der Waals surface area contributed by atoms with Crippen LogP contribution in [-0.2, 0) is 22.7 Å². The number of hydrogen-bond acceptors (Lipinski definition) is 8. The topological polar surface area (TPSA) is 112 Å². The highest BCUT2D eigenvalue weighted by molar-refractivity contribution is 5.93. The van der Waals surface area contributed by atoms with Gasteiger partial charge in [-0.25, -0.2) is 9.78 Å². The predicted molar refractivity (Wildman–Crippen MR) is 121 cm³/mol. The second-order valence-electron chi connectivity index (χ2n) is 8.31. The zero-order valence-corrected chi connectivity index (χ0v) is 18.4. The molecule has 1 aromatic carbocycles. The van der Waals surface area contributed by atoms with Crippen molar-refractivity contribution in [2.75, 3.05) is 19.9 Å². The Labute approximate surface area is 194 Å². The lowest BCUT2D eigenvalue weighted by Crippen LogP contribution is -2.32. The molecule has 0 aliphatic carbocycles. The van der Waals surface area contributed by atoms with E-state index >= 15 is 0 Å². The molecule has 0 saturated heterocycles. The first-order chi connectivity index (χ1) is 16.6. The molecular weight excluding hydrogens is 438 g/mol. The van der Waals surface area contributed by atoms with Gasteiger partial charge in [0, 0.05) is 41.1 Å². The van der Waals surface area contributed by atoms with Gasteiger partial charge in [0.05, 0.1) is 29.0 Å². The third kappa shape index (κ3) is 3.07. The first-order valence-corrected chi connectivity index (χ1v) is 11.1. The molecule has 1 atom stereocenters. The number of fused-ring (bicyclic) bond motifs is 6. The van der Waals surface area contributed by atoms with Crippen molar-refractivity contribution in [1.82, 2.24) is 14.9 Å². The summed E-state index contributed by atoms with van der Waals surface area (Å²) in [5, 5.41) is 14.4. The second kappa shape index (κ2) is 7.87. The first-order valence-electron chi connectivity index (χ1n) is 11.1. The van der Waals surface area contributed by atoms with Crippen molar-refractivity contribution in [2.24, 2.45) is 0 Å². The quantitative estimate of drug-likeness (QED) is 0.270. The van der Waals surface area contributed by atoms with Crippen molar-refractivity contribution in [1.29, 1.82) is 0 Å². The number of aromatic nitrogens is 2. The highest BCUT2D eigenvalue weighted by Gasteiger charge is 2.34. The van der Waals surface area contributed by atoms with Gasteiger partial charge in [0.15, 0.2) is 17.6 Å². The minimum absolute atomic E-state index is 0.146. The number of benzene rings is 1. The van der Waals surface area contributed by atoms with Gasteiger partial charge in [0.25, 0.3) is 5.56 Å². The van der Waals surface area contributed by atoms with Gasteiger partial charge < -0.3 is 29.2 Å². The van der Waals surface area contributed by atoms with Crippen LogP contribution in [-0.4, -0.2) is 40.5 Å². The zero-order chi connectivity index (χ0) is 23.4. The Morgan fingerprint density at radius 1 is 1.18 bits per heavy atom. The summed E-state index contributed by atoms with van der Waals surface area (Å²) in [7, 11) is 0. The molecule has 0 unspecified atom stereocenters. The van der Waals surface area contributed by atoms with Gasteiger partial charge in [-0.1, -0.05) is 18.8 Å². The van der Waals surface area contributed by atoms with Gasteiger partial charge in [-0.05, 0) is 18.7 Å². The third-order valence-corrected chi connectivity index (χ3v) is 6.34. The van der Waals surface area contributed by atoms with E-state index in [4.69, 9.17) is 19.2 Å². The van der Waals surface area contributed by atoms with E-state index in [9.17, 15) is 14.7 Å². The van der Waals surface area contributed by atoms with E-state index in [2.05, 4.69) is 17.2 Å². The summed E-state index contributed by atoms with van der Waals surface area (Å²) in [4.78, 5) is 30.0. The molecule has 2 aromatic heterocycles. The number of aliphatic hydroxyl groups is 1. The molecule has 9 heteroatoms. The lowest BCUT2D eigenvalue weighted by Gasteiger charge is -2.21. The lowest BCUT2D eigenvalue weighted by molar-refractivity contribution is -0.157. The summed E-state index contributed by atoms with van der Waals surface area (Å²) in [5.41, 5.74) is 3.67. The van der Waals surface area contributed by atoms with Crippen LogP contribution in [0.2, 0.25) is 0 Å². The fraction of sp³-hybridized carbons (Fsp3) is 0.320. The van der Waals surface area contributed by atoms with E-state index < -0.39 is 12.1 Å². The molecule has 6 rings (SSSR count). The highest BCUT2D eigenvalue weighted by Crippen LogP contribution is 2.41. The first kappa shape index (κ1) is 20.7. The molecule has 3 aliphatic heterocycles. The maximum atomic E-state index is 13.3. The van der Waals surface area contributed by atoms with Crippen LogP contribution in [0.3, 0.4) is 0 Å². The van der Waals surface area contributed by atoms with Gasteiger partial charge in [0.2, 0.25) is 6.79 Å². The maximum absolute atomic E-state index is 13.3. The summed E-state index contributed by atoms with van der Waals surface area (Å²) in [6.07, 6.45) is -0.824. The number of rotatable bonds is 3. The van der Waals surface area contributed by atoms with E-state index in [-0.39, 0.29) is 36.6 Å². The van der Waals surface area contributed by atoms with E-state index in [1.54, 1.807) is 10.6 Å². The average Bonchev–Trinajstić information content (AvgIpc) is 3.44. The van der Waals surface area contributed by atoms with Crippen LogP contribution in [0.5, 0.6) is 11.5 Å². The molecule has 0 bridgehead atoms. The van der Waals surface area contributed by atoms with Crippen molar-refractivity contribution >= 4 is 16.9 Å².